The third-order valence-corrected chi connectivity index (χ3v) is 7.19. The molecular formula is C21H12Cl3N3O9. The van der Waals surface area contributed by atoms with Crippen molar-refractivity contribution < 1.29 is 28.8 Å². The third kappa shape index (κ3) is 3.81. The highest BCUT2D eigenvalue weighted by molar-refractivity contribution is 6.37. The number of carbonyl (C=O) groups excluding carboxylic acids is 6. The predicted molar refractivity (Wildman–Crippen MR) is 123 cm³/mol. The molecule has 1 heterocycles. The van der Waals surface area contributed by atoms with Gasteiger partial charge in [-0.1, -0.05) is 0 Å². The lowest BCUT2D eigenvalue weighted by Gasteiger charge is -2.30. The number of carbonyl (C=O) groups is 6. The fourth-order valence-electron chi connectivity index (χ4n) is 4.05. The normalized spacial score (nSPS) is 30.4. The summed E-state index contributed by atoms with van der Waals surface area (Å²) in [6, 6.07) is -6.00. The van der Waals surface area contributed by atoms with E-state index in [-0.39, 0.29) is 13.7 Å². The van der Waals surface area contributed by atoms with Crippen molar-refractivity contribution in [2.24, 2.45) is 0 Å². The van der Waals surface area contributed by atoms with E-state index in [2.05, 4.69) is 0 Å². The smallest absolute Gasteiger partial charge is 0.293 e. The van der Waals surface area contributed by atoms with Crippen molar-refractivity contribution >= 4 is 69.5 Å². The van der Waals surface area contributed by atoms with E-state index >= 15 is 0 Å². The first kappa shape index (κ1) is 25.6. The Morgan fingerprint density at radius 2 is 0.583 bits per heavy atom. The van der Waals surface area contributed by atoms with E-state index in [0.29, 0.717) is 0 Å². The van der Waals surface area contributed by atoms with E-state index in [4.69, 9.17) is 34.8 Å². The largest absolute Gasteiger partial charge is 0.337 e. The van der Waals surface area contributed by atoms with Crippen LogP contribution in [-0.2, 0) is 28.8 Å². The van der Waals surface area contributed by atoms with Gasteiger partial charge in [0, 0.05) is 0 Å². The van der Waals surface area contributed by atoms with Gasteiger partial charge in [0.1, 0.15) is 34.3 Å². The number of alkyl halides is 3. The van der Waals surface area contributed by atoms with E-state index in [9.17, 15) is 43.2 Å². The Morgan fingerprint density at radius 1 is 0.389 bits per heavy atom. The molecule has 15 heteroatoms. The van der Waals surface area contributed by atoms with Crippen LogP contribution in [0.5, 0.6) is 0 Å². The SMILES string of the molecule is O=C1C=CC(=O)C(n2c(=O)n(C3C(=O)C=CC(=O)C3Cl)c(=O)n(C3C(=O)C=CC(=O)C3Cl)c2=O)C1Cl. The molecule has 1 aromatic heterocycles. The van der Waals surface area contributed by atoms with Crippen LogP contribution in [0.25, 0.3) is 0 Å². The van der Waals surface area contributed by atoms with Gasteiger partial charge in [0.25, 0.3) is 0 Å². The molecule has 4 rings (SSSR count). The monoisotopic (exact) mass is 555 g/mol. The molecule has 0 saturated carbocycles. The molecule has 0 aliphatic heterocycles. The molecular weight excluding hydrogens is 545 g/mol. The first-order chi connectivity index (χ1) is 16.9. The summed E-state index contributed by atoms with van der Waals surface area (Å²) >= 11 is 18.2. The maximum Gasteiger partial charge on any atom is 0.337 e. The lowest BCUT2D eigenvalue weighted by Crippen LogP contribution is -2.63. The van der Waals surface area contributed by atoms with Gasteiger partial charge in [-0.3, -0.25) is 28.8 Å². The predicted octanol–water partition coefficient (Wildman–Crippen LogP) is -1.26. The van der Waals surface area contributed by atoms with Gasteiger partial charge in [0.05, 0.1) is 0 Å². The quantitative estimate of drug-likeness (QED) is 0.413. The summed E-state index contributed by atoms with van der Waals surface area (Å²) in [5, 5.41) is -5.38. The molecule has 0 radical (unpaired) electrons. The van der Waals surface area contributed by atoms with Gasteiger partial charge < -0.3 is 0 Å². The second-order valence-corrected chi connectivity index (χ2v) is 9.32. The number of hydrogen-bond acceptors (Lipinski definition) is 9. The molecule has 0 saturated heterocycles. The second kappa shape index (κ2) is 9.19. The summed E-state index contributed by atoms with van der Waals surface area (Å²) in [6.07, 6.45) is 4.72. The fraction of sp³-hybridized carbons (Fsp3) is 0.286. The maximum absolute atomic E-state index is 13.5. The molecule has 0 bridgehead atoms. The van der Waals surface area contributed by atoms with Gasteiger partial charge in [0.2, 0.25) is 0 Å². The third-order valence-electron chi connectivity index (χ3n) is 5.83. The van der Waals surface area contributed by atoms with Crippen molar-refractivity contribution in [3.8, 4) is 0 Å². The molecule has 6 unspecified atom stereocenters. The molecule has 6 atom stereocenters. The van der Waals surface area contributed by atoms with Gasteiger partial charge in [-0.15, -0.1) is 34.8 Å². The van der Waals surface area contributed by atoms with Crippen molar-refractivity contribution in [3.63, 3.8) is 0 Å². The highest BCUT2D eigenvalue weighted by atomic mass is 35.5. The van der Waals surface area contributed by atoms with Crippen molar-refractivity contribution in [1.29, 1.82) is 0 Å². The van der Waals surface area contributed by atoms with Gasteiger partial charge in [0.15, 0.2) is 34.7 Å². The average Bonchev–Trinajstić information content (AvgIpc) is 2.82. The minimum Gasteiger partial charge on any atom is -0.293 e. The second-order valence-electron chi connectivity index (χ2n) is 7.91. The first-order valence-electron chi connectivity index (χ1n) is 10.1. The van der Waals surface area contributed by atoms with Crippen LogP contribution in [0.1, 0.15) is 18.1 Å². The van der Waals surface area contributed by atoms with Crippen molar-refractivity contribution in [2.75, 3.05) is 0 Å². The molecule has 1 aromatic rings. The Morgan fingerprint density at radius 3 is 0.806 bits per heavy atom. The van der Waals surface area contributed by atoms with Crippen LogP contribution >= 0.6 is 34.8 Å². The lowest BCUT2D eigenvalue weighted by atomic mass is 9.97. The Kier molecular flexibility index (Phi) is 6.54. The van der Waals surface area contributed by atoms with Crippen LogP contribution in [-0.4, -0.2) is 64.5 Å². The molecule has 0 N–H and O–H groups in total. The molecule has 3 aliphatic carbocycles. The highest BCUT2D eigenvalue weighted by Crippen LogP contribution is 2.26. The number of ketones is 6. The number of rotatable bonds is 3. The highest BCUT2D eigenvalue weighted by Gasteiger charge is 2.45. The first-order valence-corrected chi connectivity index (χ1v) is 11.4. The number of allylic oxidation sites excluding steroid dienone is 6. The minimum absolute atomic E-state index is 0.113. The Labute approximate surface area is 214 Å². The zero-order valence-corrected chi connectivity index (χ0v) is 19.8. The van der Waals surface area contributed by atoms with Crippen molar-refractivity contribution in [2.45, 2.75) is 34.3 Å². The van der Waals surface area contributed by atoms with Crippen LogP contribution in [0.2, 0.25) is 0 Å². The van der Waals surface area contributed by atoms with E-state index in [1.165, 1.54) is 0 Å². The maximum atomic E-state index is 13.5. The molecule has 36 heavy (non-hydrogen) atoms. The molecule has 0 fully saturated rings. The lowest BCUT2D eigenvalue weighted by molar-refractivity contribution is -0.125. The van der Waals surface area contributed by atoms with E-state index in [0.717, 1.165) is 36.5 Å². The number of aromatic nitrogens is 3. The molecule has 12 nitrogen and oxygen atoms in total. The van der Waals surface area contributed by atoms with Crippen LogP contribution < -0.4 is 17.1 Å². The van der Waals surface area contributed by atoms with Gasteiger partial charge in [-0.05, 0) is 36.5 Å². The average molecular weight is 557 g/mol. The van der Waals surface area contributed by atoms with Crippen LogP contribution in [0.3, 0.4) is 0 Å². The van der Waals surface area contributed by atoms with Gasteiger partial charge in [-0.2, -0.15) is 0 Å². The zero-order chi connectivity index (χ0) is 26.6. The standard InChI is InChI=1S/C21H12Cl3N3O9/c22-13-7(28)1-4-10(31)16(13)25-19(34)26(17-11(32)5-2-8(29)14(17)23)21(36)27(20(25)35)18-12(33)6-3-9(30)15(18)24/h1-6,13-18H. The van der Waals surface area contributed by atoms with Crippen LogP contribution in [0, 0.1) is 0 Å². The molecule has 0 amide bonds. The van der Waals surface area contributed by atoms with Crippen LogP contribution in [0.15, 0.2) is 50.8 Å². The summed E-state index contributed by atoms with van der Waals surface area (Å²) in [7, 11) is 0. The summed E-state index contributed by atoms with van der Waals surface area (Å²) < 4.78 is 0.340. The summed E-state index contributed by atoms with van der Waals surface area (Å²) in [6.45, 7) is 0. The number of hydrogen-bond donors (Lipinski definition) is 0. The van der Waals surface area contributed by atoms with E-state index in [1.54, 1.807) is 0 Å². The van der Waals surface area contributed by atoms with Gasteiger partial charge in [-0.25, -0.2) is 28.1 Å². The Hall–Kier alpha value is -3.48. The molecule has 3 aliphatic rings. The van der Waals surface area contributed by atoms with Crippen molar-refractivity contribution in [3.05, 3.63) is 67.9 Å². The fourth-order valence-corrected chi connectivity index (χ4v) is 4.97. The molecule has 0 aromatic carbocycles. The van der Waals surface area contributed by atoms with E-state index < -0.39 is 86.0 Å². The minimum atomic E-state index is -2.00. The number of halogens is 3. The van der Waals surface area contributed by atoms with Crippen LogP contribution in [0.4, 0.5) is 0 Å². The Balaban J connectivity index is 2.14. The zero-order valence-electron chi connectivity index (χ0n) is 17.6. The topological polar surface area (TPSA) is 168 Å². The Bertz CT molecular complexity index is 1330. The summed E-state index contributed by atoms with van der Waals surface area (Å²) in [5.41, 5.74) is -4.80. The van der Waals surface area contributed by atoms with Gasteiger partial charge >= 0.3 is 17.1 Å². The summed E-state index contributed by atoms with van der Waals surface area (Å²) in [5.74, 6) is -5.56. The number of nitrogens with zero attached hydrogens (tertiary/aromatic N) is 3. The molecule has 186 valence electrons. The van der Waals surface area contributed by atoms with E-state index in [1.807, 2.05) is 0 Å². The summed E-state index contributed by atoms with van der Waals surface area (Å²) in [4.78, 5) is 115. The van der Waals surface area contributed by atoms with Crippen molar-refractivity contribution in [1.82, 2.24) is 13.7 Å². The molecule has 0 spiro atoms.